The lowest BCUT2D eigenvalue weighted by Crippen LogP contribution is -2.46. The van der Waals surface area contributed by atoms with Crippen LogP contribution in [0.5, 0.6) is 5.88 Å². The summed E-state index contributed by atoms with van der Waals surface area (Å²) in [5, 5.41) is 14.3. The standard InChI is InChI=1S/C32H40N6O5/c1-20-13-21(17-33)15-23(14-20)37(30(40)43-32(5,6)7)27-16-26(35-28-25(22-10-11-22)18-34-38(27)28)41-24-9-8-12-36(19-24)29(39)42-31(2,3)4/h13-16,18,22,24H,8-12,19H2,1-7H3/t24-/m0/s1. The molecule has 0 radical (unpaired) electrons. The van der Waals surface area contributed by atoms with Gasteiger partial charge in [-0.15, -0.1) is 0 Å². The number of likely N-dealkylation sites (tertiary alicyclic amines) is 1. The Morgan fingerprint density at radius 3 is 2.40 bits per heavy atom. The highest BCUT2D eigenvalue weighted by atomic mass is 16.6. The molecule has 43 heavy (non-hydrogen) atoms. The van der Waals surface area contributed by atoms with E-state index in [2.05, 4.69) is 11.2 Å². The molecule has 1 aromatic carbocycles. The molecule has 1 saturated carbocycles. The molecule has 11 heteroatoms. The summed E-state index contributed by atoms with van der Waals surface area (Å²) in [6.45, 7) is 13.7. The van der Waals surface area contributed by atoms with E-state index in [4.69, 9.17) is 19.2 Å². The van der Waals surface area contributed by atoms with Crippen molar-refractivity contribution in [1.82, 2.24) is 19.5 Å². The molecule has 2 aromatic heterocycles. The van der Waals surface area contributed by atoms with Gasteiger partial charge in [0.2, 0.25) is 5.88 Å². The van der Waals surface area contributed by atoms with Crippen molar-refractivity contribution >= 4 is 29.3 Å². The van der Waals surface area contributed by atoms with Gasteiger partial charge >= 0.3 is 12.2 Å². The molecule has 0 spiro atoms. The number of aryl methyl sites for hydroxylation is 1. The summed E-state index contributed by atoms with van der Waals surface area (Å²) in [6.07, 6.45) is 4.03. The number of piperidine rings is 1. The molecule has 3 heterocycles. The third-order valence-corrected chi connectivity index (χ3v) is 7.05. The topological polar surface area (TPSA) is 122 Å². The Balaban J connectivity index is 1.57. The number of hydrogen-bond acceptors (Lipinski definition) is 8. The molecule has 228 valence electrons. The average Bonchev–Trinajstić information content (AvgIpc) is 3.65. The molecule has 2 amide bonds. The van der Waals surface area contributed by atoms with E-state index in [-0.39, 0.29) is 12.2 Å². The second-order valence-electron chi connectivity index (χ2n) is 13.4. The second-order valence-corrected chi connectivity index (χ2v) is 13.4. The predicted molar refractivity (Wildman–Crippen MR) is 161 cm³/mol. The highest BCUT2D eigenvalue weighted by Gasteiger charge is 2.34. The highest BCUT2D eigenvalue weighted by Crippen LogP contribution is 2.43. The quantitative estimate of drug-likeness (QED) is 0.325. The van der Waals surface area contributed by atoms with Crippen molar-refractivity contribution in [2.75, 3.05) is 18.0 Å². The number of nitrogens with zero attached hydrogens (tertiary/aromatic N) is 6. The number of carbonyl (C=O) groups excluding carboxylic acids is 2. The third kappa shape index (κ3) is 7.19. The van der Waals surface area contributed by atoms with Crippen molar-refractivity contribution in [2.45, 2.75) is 97.4 Å². The minimum Gasteiger partial charge on any atom is -0.472 e. The largest absolute Gasteiger partial charge is 0.472 e. The van der Waals surface area contributed by atoms with E-state index < -0.39 is 17.3 Å². The minimum absolute atomic E-state index is 0.308. The van der Waals surface area contributed by atoms with Gasteiger partial charge in [-0.25, -0.2) is 14.5 Å². The van der Waals surface area contributed by atoms with Gasteiger partial charge in [0.05, 0.1) is 30.1 Å². The Morgan fingerprint density at radius 1 is 1.02 bits per heavy atom. The lowest BCUT2D eigenvalue weighted by molar-refractivity contribution is 0.00721. The van der Waals surface area contributed by atoms with Crippen LogP contribution in [0.3, 0.4) is 0 Å². The first kappa shape index (κ1) is 30.1. The van der Waals surface area contributed by atoms with Gasteiger partial charge < -0.3 is 19.1 Å². The first-order valence-electron chi connectivity index (χ1n) is 14.8. The molecule has 2 fully saturated rings. The van der Waals surface area contributed by atoms with E-state index in [0.717, 1.165) is 36.8 Å². The fourth-order valence-corrected chi connectivity index (χ4v) is 5.14. The molecule has 1 aliphatic carbocycles. The van der Waals surface area contributed by atoms with Gasteiger partial charge in [-0.1, -0.05) is 0 Å². The summed E-state index contributed by atoms with van der Waals surface area (Å²) in [5.41, 5.74) is 1.88. The summed E-state index contributed by atoms with van der Waals surface area (Å²) in [5.74, 6) is 1.02. The number of nitriles is 1. The van der Waals surface area contributed by atoms with Crippen LogP contribution in [0.25, 0.3) is 5.65 Å². The maximum absolute atomic E-state index is 13.9. The number of hydrogen-bond donors (Lipinski definition) is 0. The van der Waals surface area contributed by atoms with Gasteiger partial charge in [-0.05, 0) is 104 Å². The van der Waals surface area contributed by atoms with Crippen molar-refractivity contribution in [3.05, 3.63) is 47.2 Å². The lowest BCUT2D eigenvalue weighted by atomic mass is 10.1. The SMILES string of the molecule is Cc1cc(C#N)cc(N(C(=O)OC(C)(C)C)c2cc(O[C@H]3CCCN(C(=O)OC(C)(C)C)C3)nc3c(C4CC4)cnn23)c1. The summed E-state index contributed by atoms with van der Waals surface area (Å²) in [6, 6.07) is 9.07. The van der Waals surface area contributed by atoms with Crippen LogP contribution in [0.1, 0.15) is 89.8 Å². The Kier molecular flexibility index (Phi) is 7.99. The number of fused-ring (bicyclic) bond motifs is 1. The first-order valence-corrected chi connectivity index (χ1v) is 14.8. The zero-order valence-corrected chi connectivity index (χ0v) is 26.0. The summed E-state index contributed by atoms with van der Waals surface area (Å²) in [4.78, 5) is 34.6. The number of anilines is 2. The summed E-state index contributed by atoms with van der Waals surface area (Å²) < 4.78 is 19.5. The van der Waals surface area contributed by atoms with Crippen LogP contribution in [-0.2, 0) is 9.47 Å². The lowest BCUT2D eigenvalue weighted by Gasteiger charge is -2.34. The highest BCUT2D eigenvalue weighted by molar-refractivity contribution is 5.96. The van der Waals surface area contributed by atoms with Crippen LogP contribution in [0.2, 0.25) is 0 Å². The predicted octanol–water partition coefficient (Wildman–Crippen LogP) is 6.64. The van der Waals surface area contributed by atoms with Gasteiger partial charge in [-0.2, -0.15) is 19.9 Å². The van der Waals surface area contributed by atoms with Crippen molar-refractivity contribution in [3.8, 4) is 11.9 Å². The minimum atomic E-state index is -0.779. The molecule has 0 bridgehead atoms. The molecule has 2 aliphatic rings. The molecule has 1 atom stereocenters. The number of aromatic nitrogens is 3. The molecule has 0 N–H and O–H groups in total. The van der Waals surface area contributed by atoms with Crippen LogP contribution < -0.4 is 9.64 Å². The average molecular weight is 589 g/mol. The van der Waals surface area contributed by atoms with Crippen LogP contribution in [0.15, 0.2) is 30.5 Å². The van der Waals surface area contributed by atoms with Crippen LogP contribution in [-0.4, -0.2) is 62.1 Å². The van der Waals surface area contributed by atoms with E-state index in [1.165, 1.54) is 4.90 Å². The van der Waals surface area contributed by atoms with E-state index in [9.17, 15) is 14.9 Å². The molecular formula is C32H40N6O5. The van der Waals surface area contributed by atoms with Crippen LogP contribution >= 0.6 is 0 Å². The van der Waals surface area contributed by atoms with Gasteiger partial charge in [0.15, 0.2) is 11.5 Å². The molecule has 0 unspecified atom stereocenters. The normalized spacial score (nSPS) is 17.3. The Morgan fingerprint density at radius 2 is 1.74 bits per heavy atom. The van der Waals surface area contributed by atoms with Gasteiger partial charge in [0, 0.05) is 18.2 Å². The van der Waals surface area contributed by atoms with Crippen molar-refractivity contribution in [1.29, 1.82) is 5.26 Å². The Bertz CT molecular complexity index is 1570. The fraction of sp³-hybridized carbons (Fsp3) is 0.531. The number of carbonyl (C=O) groups is 2. The van der Waals surface area contributed by atoms with Crippen molar-refractivity contribution in [2.24, 2.45) is 0 Å². The maximum Gasteiger partial charge on any atom is 0.420 e. The van der Waals surface area contributed by atoms with Gasteiger partial charge in [-0.3, -0.25) is 0 Å². The summed E-state index contributed by atoms with van der Waals surface area (Å²) in [7, 11) is 0. The number of ether oxygens (including phenoxy) is 3. The van der Waals surface area contributed by atoms with E-state index in [1.807, 2.05) is 33.8 Å². The van der Waals surface area contributed by atoms with E-state index in [1.54, 1.807) is 54.6 Å². The monoisotopic (exact) mass is 588 g/mol. The van der Waals surface area contributed by atoms with Crippen LogP contribution in [0.4, 0.5) is 21.1 Å². The molecular weight excluding hydrogens is 548 g/mol. The van der Waals surface area contributed by atoms with Crippen molar-refractivity contribution in [3.63, 3.8) is 0 Å². The smallest absolute Gasteiger partial charge is 0.420 e. The number of rotatable bonds is 5. The Hall–Kier alpha value is -4.33. The van der Waals surface area contributed by atoms with E-state index in [0.29, 0.717) is 47.6 Å². The first-order chi connectivity index (χ1) is 20.2. The maximum atomic E-state index is 13.9. The number of amides is 2. The number of benzene rings is 1. The fourth-order valence-electron chi connectivity index (χ4n) is 5.14. The van der Waals surface area contributed by atoms with E-state index >= 15 is 0 Å². The van der Waals surface area contributed by atoms with Crippen molar-refractivity contribution < 1.29 is 23.8 Å². The van der Waals surface area contributed by atoms with Gasteiger partial charge in [0.25, 0.3) is 0 Å². The third-order valence-electron chi connectivity index (χ3n) is 7.05. The van der Waals surface area contributed by atoms with Gasteiger partial charge in [0.1, 0.15) is 17.3 Å². The molecule has 5 rings (SSSR count). The second kappa shape index (κ2) is 11.4. The van der Waals surface area contributed by atoms with Crippen LogP contribution in [0, 0.1) is 18.3 Å². The molecule has 1 aliphatic heterocycles. The molecule has 3 aromatic rings. The Labute approximate surface area is 252 Å². The zero-order chi connectivity index (χ0) is 31.1. The summed E-state index contributed by atoms with van der Waals surface area (Å²) >= 11 is 0. The molecule has 11 nitrogen and oxygen atoms in total. The molecule has 1 saturated heterocycles. The zero-order valence-electron chi connectivity index (χ0n) is 26.0.